The first-order chi connectivity index (χ1) is 19.4. The number of carbonyl (C=O) groups is 1. The van der Waals surface area contributed by atoms with Crippen molar-refractivity contribution in [1.82, 2.24) is 9.47 Å². The van der Waals surface area contributed by atoms with Crippen molar-refractivity contribution in [3.63, 3.8) is 0 Å². The van der Waals surface area contributed by atoms with E-state index in [1.165, 1.54) is 84.1 Å². The molecule has 7 heteroatoms. The maximum absolute atomic E-state index is 13.8. The van der Waals surface area contributed by atoms with Crippen LogP contribution >= 0.6 is 11.6 Å². The Hall–Kier alpha value is -3.09. The molecule has 0 spiro atoms. The minimum atomic E-state index is -3.69. The highest BCUT2D eigenvalue weighted by Crippen LogP contribution is 2.44. The molecule has 1 aromatic heterocycles. The van der Waals surface area contributed by atoms with E-state index in [1.54, 1.807) is 24.3 Å². The number of hydrogen-bond acceptors (Lipinski definition) is 3. The minimum Gasteiger partial charge on any atom is -0.341 e. The van der Waals surface area contributed by atoms with Gasteiger partial charge in [-0.3, -0.25) is 4.79 Å². The number of sulfone groups is 1. The van der Waals surface area contributed by atoms with Gasteiger partial charge in [-0.2, -0.15) is 0 Å². The van der Waals surface area contributed by atoms with Crippen molar-refractivity contribution >= 4 is 38.2 Å². The van der Waals surface area contributed by atoms with E-state index in [0.29, 0.717) is 23.0 Å². The summed E-state index contributed by atoms with van der Waals surface area (Å²) in [6.45, 7) is 1.43. The third-order valence-corrected chi connectivity index (χ3v) is 11.3. The van der Waals surface area contributed by atoms with Gasteiger partial charge in [-0.05, 0) is 110 Å². The topological polar surface area (TPSA) is 59.4 Å². The van der Waals surface area contributed by atoms with Crippen LogP contribution in [0.4, 0.5) is 0 Å². The fraction of sp³-hybridized carbons (Fsp3) is 0.364. The smallest absolute Gasteiger partial charge is 0.254 e. The van der Waals surface area contributed by atoms with Crippen molar-refractivity contribution < 1.29 is 13.2 Å². The summed E-state index contributed by atoms with van der Waals surface area (Å²) in [7, 11) is -3.69. The van der Waals surface area contributed by atoms with E-state index in [4.69, 9.17) is 11.6 Å². The number of amides is 1. The Balaban J connectivity index is 1.18. The van der Waals surface area contributed by atoms with Gasteiger partial charge in [-0.1, -0.05) is 36.9 Å². The molecule has 0 bridgehead atoms. The summed E-state index contributed by atoms with van der Waals surface area (Å²) in [6.07, 6.45) is 9.67. The fourth-order valence-corrected chi connectivity index (χ4v) is 8.63. The van der Waals surface area contributed by atoms with Crippen LogP contribution in [-0.2, 0) is 22.8 Å². The second-order valence-corrected chi connectivity index (χ2v) is 13.9. The van der Waals surface area contributed by atoms with E-state index < -0.39 is 9.84 Å². The molecule has 1 aliphatic heterocycles. The Morgan fingerprint density at radius 3 is 2.23 bits per heavy atom. The van der Waals surface area contributed by atoms with E-state index in [1.807, 2.05) is 4.90 Å². The molecule has 7 rings (SSSR count). The van der Waals surface area contributed by atoms with E-state index in [0.717, 1.165) is 25.8 Å². The summed E-state index contributed by atoms with van der Waals surface area (Å²) < 4.78 is 28.6. The van der Waals surface area contributed by atoms with Crippen molar-refractivity contribution in [2.45, 2.75) is 79.7 Å². The first-order valence-corrected chi connectivity index (χ1v) is 16.3. The molecule has 0 radical (unpaired) electrons. The summed E-state index contributed by atoms with van der Waals surface area (Å²) in [5.74, 6) is 0.638. The third-order valence-electron chi connectivity index (χ3n) is 9.27. The first-order valence-electron chi connectivity index (χ1n) is 14.5. The molecule has 3 aromatic carbocycles. The van der Waals surface area contributed by atoms with Crippen LogP contribution in [0.3, 0.4) is 0 Å². The quantitative estimate of drug-likeness (QED) is 0.252. The van der Waals surface area contributed by atoms with E-state index in [9.17, 15) is 13.2 Å². The molecule has 206 valence electrons. The van der Waals surface area contributed by atoms with Crippen LogP contribution in [-0.4, -0.2) is 30.3 Å². The van der Waals surface area contributed by atoms with Gasteiger partial charge in [0.05, 0.1) is 15.8 Å². The monoisotopic (exact) mass is 572 g/mol. The van der Waals surface area contributed by atoms with Gasteiger partial charge in [0.25, 0.3) is 5.91 Å². The minimum absolute atomic E-state index is 0.0345. The standard InChI is InChI=1S/C33H33ClN2O3S/c34-25-12-16-27(17-13-25)40(38,39)26-14-9-23(10-15-26)33(37)36-20-19-35-30-18-11-24(22-5-2-1-3-6-22)21-29(30)28-7-4-8-31(36)32(28)35/h9-18,21-22,31H,1-8,19-20H2/t31-/m0/s1. The van der Waals surface area contributed by atoms with Crippen LogP contribution in [0.1, 0.15) is 84.1 Å². The number of hydrogen-bond donors (Lipinski definition) is 0. The third kappa shape index (κ3) is 4.27. The zero-order valence-electron chi connectivity index (χ0n) is 22.5. The number of nitrogens with zero attached hydrogens (tertiary/aromatic N) is 2. The van der Waals surface area contributed by atoms with Crippen LogP contribution in [0.5, 0.6) is 0 Å². The number of fused-ring (bicyclic) bond motifs is 3. The average Bonchev–Trinajstić information content (AvgIpc) is 3.32. The molecular weight excluding hydrogens is 540 g/mol. The number of rotatable bonds is 4. The maximum Gasteiger partial charge on any atom is 0.254 e. The highest BCUT2D eigenvalue weighted by molar-refractivity contribution is 7.91. The van der Waals surface area contributed by atoms with Crippen LogP contribution < -0.4 is 0 Å². The molecule has 1 saturated carbocycles. The zero-order valence-corrected chi connectivity index (χ0v) is 24.1. The largest absolute Gasteiger partial charge is 0.341 e. The zero-order chi connectivity index (χ0) is 27.4. The van der Waals surface area contributed by atoms with Crippen molar-refractivity contribution in [3.05, 3.63) is 94.1 Å². The predicted octanol–water partition coefficient (Wildman–Crippen LogP) is 7.71. The highest BCUT2D eigenvalue weighted by atomic mass is 35.5. The highest BCUT2D eigenvalue weighted by Gasteiger charge is 2.37. The van der Waals surface area contributed by atoms with E-state index in [-0.39, 0.29) is 21.7 Å². The molecule has 0 N–H and O–H groups in total. The van der Waals surface area contributed by atoms with Gasteiger partial charge < -0.3 is 9.47 Å². The molecule has 0 unspecified atom stereocenters. The summed E-state index contributed by atoms with van der Waals surface area (Å²) in [4.78, 5) is 16.2. The van der Waals surface area contributed by atoms with Crippen molar-refractivity contribution in [2.75, 3.05) is 6.54 Å². The second-order valence-electron chi connectivity index (χ2n) is 11.5. The van der Waals surface area contributed by atoms with Gasteiger partial charge in [-0.25, -0.2) is 8.42 Å². The van der Waals surface area contributed by atoms with Gasteiger partial charge in [0.1, 0.15) is 0 Å². The lowest BCUT2D eigenvalue weighted by atomic mass is 9.83. The Labute approximate surface area is 240 Å². The molecule has 1 amide bonds. The molecule has 2 heterocycles. The number of aromatic nitrogens is 1. The molecule has 2 aliphatic carbocycles. The summed E-state index contributed by atoms with van der Waals surface area (Å²) >= 11 is 5.93. The SMILES string of the molecule is O=C(c1ccc(S(=O)(=O)c2ccc(Cl)cc2)cc1)N1CCn2c3c(c4cc(C5CCCCC5)ccc42)CCC[C@@H]31. The van der Waals surface area contributed by atoms with Gasteiger partial charge in [0, 0.05) is 40.3 Å². The Morgan fingerprint density at radius 1 is 0.800 bits per heavy atom. The van der Waals surface area contributed by atoms with Crippen molar-refractivity contribution in [2.24, 2.45) is 0 Å². The predicted molar refractivity (Wildman–Crippen MR) is 158 cm³/mol. The van der Waals surface area contributed by atoms with Crippen LogP contribution in [0.2, 0.25) is 5.02 Å². The molecule has 5 nitrogen and oxygen atoms in total. The second kappa shape index (κ2) is 10.1. The molecular formula is C33H33ClN2O3S. The number of carbonyl (C=O) groups excluding carboxylic acids is 1. The fourth-order valence-electron chi connectivity index (χ4n) is 7.25. The summed E-state index contributed by atoms with van der Waals surface area (Å²) in [5.41, 5.74) is 6.04. The lowest BCUT2D eigenvalue weighted by Gasteiger charge is -2.40. The molecule has 1 fully saturated rings. The molecule has 4 aromatic rings. The Bertz CT molecular complexity index is 1700. The van der Waals surface area contributed by atoms with Crippen molar-refractivity contribution in [1.29, 1.82) is 0 Å². The van der Waals surface area contributed by atoms with Crippen molar-refractivity contribution in [3.8, 4) is 0 Å². The number of halogens is 1. The van der Waals surface area contributed by atoms with Crippen LogP contribution in [0, 0.1) is 0 Å². The average molecular weight is 573 g/mol. The van der Waals surface area contributed by atoms with Gasteiger partial charge in [-0.15, -0.1) is 0 Å². The number of benzene rings is 3. The van der Waals surface area contributed by atoms with Gasteiger partial charge in [0.15, 0.2) is 0 Å². The van der Waals surface area contributed by atoms with Gasteiger partial charge >= 0.3 is 0 Å². The Morgan fingerprint density at radius 2 is 1.50 bits per heavy atom. The molecule has 0 saturated heterocycles. The van der Waals surface area contributed by atoms with Crippen LogP contribution in [0.25, 0.3) is 10.9 Å². The normalized spacial score (nSPS) is 19.5. The lowest BCUT2D eigenvalue weighted by Crippen LogP contribution is -2.43. The molecule has 1 atom stereocenters. The molecule has 40 heavy (non-hydrogen) atoms. The molecule has 3 aliphatic rings. The van der Waals surface area contributed by atoms with Gasteiger partial charge in [0.2, 0.25) is 9.84 Å². The lowest BCUT2D eigenvalue weighted by molar-refractivity contribution is 0.0601. The summed E-state index contributed by atoms with van der Waals surface area (Å²) in [5, 5.41) is 1.87. The van der Waals surface area contributed by atoms with E-state index >= 15 is 0 Å². The van der Waals surface area contributed by atoms with Crippen LogP contribution in [0.15, 0.2) is 76.5 Å². The summed E-state index contributed by atoms with van der Waals surface area (Å²) in [6, 6.07) is 19.7. The maximum atomic E-state index is 13.8. The Kier molecular flexibility index (Phi) is 6.51. The first kappa shape index (κ1) is 25.8. The van der Waals surface area contributed by atoms with E-state index in [2.05, 4.69) is 22.8 Å². The number of aryl methyl sites for hydroxylation is 1.